The minimum absolute atomic E-state index is 0.246. The van der Waals surface area contributed by atoms with Crippen LogP contribution in [-0.4, -0.2) is 54.3 Å². The van der Waals surface area contributed by atoms with E-state index in [1.807, 2.05) is 0 Å². The summed E-state index contributed by atoms with van der Waals surface area (Å²) in [5, 5.41) is 0. The number of hydrogen-bond donors (Lipinski definition) is 1. The van der Waals surface area contributed by atoms with Crippen LogP contribution in [0.25, 0.3) is 0 Å². The summed E-state index contributed by atoms with van der Waals surface area (Å²) >= 11 is 0. The van der Waals surface area contributed by atoms with Crippen LogP contribution in [0.4, 0.5) is 17.8 Å². The van der Waals surface area contributed by atoms with Crippen molar-refractivity contribution in [3.63, 3.8) is 0 Å². The van der Waals surface area contributed by atoms with Gasteiger partial charge in [0.2, 0.25) is 17.8 Å². The summed E-state index contributed by atoms with van der Waals surface area (Å²) in [6, 6.07) is 0. The Labute approximate surface area is 125 Å². The van der Waals surface area contributed by atoms with E-state index in [0.29, 0.717) is 11.9 Å². The first-order chi connectivity index (χ1) is 10.3. The van der Waals surface area contributed by atoms with E-state index in [2.05, 4.69) is 24.8 Å². The lowest BCUT2D eigenvalue weighted by molar-refractivity contribution is 0.0889. The average Bonchev–Trinajstić information content (AvgIpc) is 2.55. The molecule has 2 aliphatic rings. The lowest BCUT2D eigenvalue weighted by atomic mass is 10.1. The van der Waals surface area contributed by atoms with E-state index in [1.54, 1.807) is 7.11 Å². The maximum atomic E-state index is 5.89. The third-order valence-electron chi connectivity index (χ3n) is 4.26. The molecular formula is C14H24N6O. The molecule has 3 rings (SSSR count). The maximum Gasteiger partial charge on any atom is 0.232 e. The Hall–Kier alpha value is -1.63. The topological polar surface area (TPSA) is 80.4 Å². The Kier molecular flexibility index (Phi) is 4.38. The molecule has 1 unspecified atom stereocenters. The summed E-state index contributed by atoms with van der Waals surface area (Å²) in [5.74, 6) is 1.71. The van der Waals surface area contributed by atoms with E-state index >= 15 is 0 Å². The molecule has 2 N–H and O–H groups in total. The van der Waals surface area contributed by atoms with E-state index in [1.165, 1.54) is 19.3 Å². The Balaban J connectivity index is 1.80. The van der Waals surface area contributed by atoms with Crippen molar-refractivity contribution < 1.29 is 4.74 Å². The van der Waals surface area contributed by atoms with Crippen molar-refractivity contribution in [3.8, 4) is 0 Å². The highest BCUT2D eigenvalue weighted by Crippen LogP contribution is 2.22. The van der Waals surface area contributed by atoms with Crippen molar-refractivity contribution in [1.82, 2.24) is 15.0 Å². The van der Waals surface area contributed by atoms with Crippen LogP contribution in [0.2, 0.25) is 0 Å². The number of nitrogen functional groups attached to an aromatic ring is 1. The van der Waals surface area contributed by atoms with Gasteiger partial charge in [-0.05, 0) is 32.1 Å². The number of nitrogens with two attached hydrogens (primary N) is 1. The lowest BCUT2D eigenvalue weighted by Gasteiger charge is -2.33. The Morgan fingerprint density at radius 1 is 0.952 bits per heavy atom. The van der Waals surface area contributed by atoms with E-state index in [4.69, 9.17) is 10.5 Å². The maximum absolute atomic E-state index is 5.89. The Morgan fingerprint density at radius 2 is 1.62 bits per heavy atom. The highest BCUT2D eigenvalue weighted by atomic mass is 16.5. The van der Waals surface area contributed by atoms with Crippen molar-refractivity contribution in [1.29, 1.82) is 0 Å². The number of aromatic nitrogens is 3. The molecule has 7 nitrogen and oxygen atoms in total. The first-order valence-corrected chi connectivity index (χ1v) is 7.80. The fourth-order valence-corrected chi connectivity index (χ4v) is 3.06. The second kappa shape index (κ2) is 6.43. The van der Waals surface area contributed by atoms with Crippen LogP contribution in [0.3, 0.4) is 0 Å². The third-order valence-corrected chi connectivity index (χ3v) is 4.26. The summed E-state index contributed by atoms with van der Waals surface area (Å²) in [7, 11) is 1.76. The monoisotopic (exact) mass is 292 g/mol. The zero-order valence-corrected chi connectivity index (χ0v) is 12.7. The van der Waals surface area contributed by atoms with E-state index in [9.17, 15) is 0 Å². The van der Waals surface area contributed by atoms with Crippen LogP contribution in [-0.2, 0) is 4.74 Å². The molecule has 2 fully saturated rings. The van der Waals surface area contributed by atoms with E-state index < -0.39 is 0 Å². The molecule has 0 saturated carbocycles. The number of methoxy groups -OCH3 is 1. The van der Waals surface area contributed by atoms with Crippen molar-refractivity contribution >= 4 is 17.8 Å². The van der Waals surface area contributed by atoms with Gasteiger partial charge in [0.05, 0.1) is 6.10 Å². The predicted molar refractivity (Wildman–Crippen MR) is 82.5 cm³/mol. The van der Waals surface area contributed by atoms with Gasteiger partial charge in [-0.25, -0.2) is 0 Å². The summed E-state index contributed by atoms with van der Waals surface area (Å²) in [4.78, 5) is 17.6. The zero-order chi connectivity index (χ0) is 14.7. The minimum Gasteiger partial charge on any atom is -0.380 e. The molecule has 0 aromatic carbocycles. The molecule has 2 aliphatic heterocycles. The average molecular weight is 292 g/mol. The molecule has 0 bridgehead atoms. The quantitative estimate of drug-likeness (QED) is 0.892. The third kappa shape index (κ3) is 3.34. The van der Waals surface area contributed by atoms with Crippen molar-refractivity contribution in [2.75, 3.05) is 48.8 Å². The molecule has 1 aromatic heterocycles. The molecule has 1 atom stereocenters. The smallest absolute Gasteiger partial charge is 0.232 e. The summed E-state index contributed by atoms with van der Waals surface area (Å²) in [6.45, 7) is 3.77. The van der Waals surface area contributed by atoms with Gasteiger partial charge in [-0.3, -0.25) is 0 Å². The molecule has 0 aliphatic carbocycles. The fourth-order valence-electron chi connectivity index (χ4n) is 3.06. The van der Waals surface area contributed by atoms with Crippen molar-refractivity contribution in [2.45, 2.75) is 38.2 Å². The standard InChI is InChI=1S/C14H24N6O/c1-21-11-6-5-9-20(10-11)14-17-12(15)16-13(18-14)19-7-3-2-4-8-19/h11H,2-10H2,1H3,(H2,15,16,17,18). The van der Waals surface area contributed by atoms with E-state index in [0.717, 1.165) is 45.0 Å². The van der Waals surface area contributed by atoms with Crippen LogP contribution in [0, 0.1) is 0 Å². The molecule has 116 valence electrons. The van der Waals surface area contributed by atoms with Gasteiger partial charge in [0.25, 0.3) is 0 Å². The van der Waals surface area contributed by atoms with Gasteiger partial charge < -0.3 is 20.3 Å². The first kappa shape index (κ1) is 14.3. The van der Waals surface area contributed by atoms with Crippen LogP contribution in [0.5, 0.6) is 0 Å². The highest BCUT2D eigenvalue weighted by Gasteiger charge is 2.23. The van der Waals surface area contributed by atoms with Crippen LogP contribution in [0.1, 0.15) is 32.1 Å². The summed E-state index contributed by atoms with van der Waals surface area (Å²) < 4.78 is 5.47. The Bertz CT molecular complexity index is 477. The largest absolute Gasteiger partial charge is 0.380 e. The number of anilines is 3. The normalized spacial score (nSPS) is 23.4. The zero-order valence-electron chi connectivity index (χ0n) is 12.7. The number of piperidine rings is 2. The van der Waals surface area contributed by atoms with Gasteiger partial charge in [-0.1, -0.05) is 0 Å². The van der Waals surface area contributed by atoms with Gasteiger partial charge in [0, 0.05) is 33.3 Å². The number of rotatable bonds is 3. The van der Waals surface area contributed by atoms with Crippen LogP contribution in [0.15, 0.2) is 0 Å². The fraction of sp³-hybridized carbons (Fsp3) is 0.786. The van der Waals surface area contributed by atoms with Crippen molar-refractivity contribution in [3.05, 3.63) is 0 Å². The minimum atomic E-state index is 0.246. The highest BCUT2D eigenvalue weighted by molar-refractivity contribution is 5.44. The Morgan fingerprint density at radius 3 is 2.33 bits per heavy atom. The van der Waals surface area contributed by atoms with Gasteiger partial charge in [0.15, 0.2) is 0 Å². The second-order valence-corrected chi connectivity index (χ2v) is 5.79. The number of nitrogens with zero attached hydrogens (tertiary/aromatic N) is 5. The predicted octanol–water partition coefficient (Wildman–Crippen LogP) is 1.06. The SMILES string of the molecule is COC1CCCN(c2nc(N)nc(N3CCCCC3)n2)C1. The van der Waals surface area contributed by atoms with Gasteiger partial charge in [0.1, 0.15) is 0 Å². The molecule has 0 spiro atoms. The first-order valence-electron chi connectivity index (χ1n) is 7.80. The lowest BCUT2D eigenvalue weighted by Crippen LogP contribution is -2.41. The van der Waals surface area contributed by atoms with Crippen LogP contribution < -0.4 is 15.5 Å². The second-order valence-electron chi connectivity index (χ2n) is 5.79. The molecule has 7 heteroatoms. The molecule has 3 heterocycles. The number of hydrogen-bond acceptors (Lipinski definition) is 7. The molecule has 21 heavy (non-hydrogen) atoms. The molecule has 0 radical (unpaired) electrons. The summed E-state index contributed by atoms with van der Waals surface area (Å²) in [5.41, 5.74) is 5.89. The van der Waals surface area contributed by atoms with E-state index in [-0.39, 0.29) is 6.10 Å². The molecule has 0 amide bonds. The van der Waals surface area contributed by atoms with Gasteiger partial charge in [-0.15, -0.1) is 0 Å². The molecule has 1 aromatic rings. The summed E-state index contributed by atoms with van der Waals surface area (Å²) in [6.07, 6.45) is 6.09. The van der Waals surface area contributed by atoms with Crippen LogP contribution >= 0.6 is 0 Å². The molecule has 2 saturated heterocycles. The van der Waals surface area contributed by atoms with Crippen molar-refractivity contribution in [2.24, 2.45) is 0 Å². The van der Waals surface area contributed by atoms with Gasteiger partial charge >= 0.3 is 0 Å². The molecular weight excluding hydrogens is 268 g/mol. The number of ether oxygens (including phenoxy) is 1. The van der Waals surface area contributed by atoms with Gasteiger partial charge in [-0.2, -0.15) is 15.0 Å².